The van der Waals surface area contributed by atoms with Crippen LogP contribution in [0, 0.1) is 11.8 Å². The van der Waals surface area contributed by atoms with Crippen LogP contribution in [0.2, 0.25) is 0 Å². The monoisotopic (exact) mass is 326 g/mol. The van der Waals surface area contributed by atoms with Gasteiger partial charge in [0.25, 0.3) is 0 Å². The highest BCUT2D eigenvalue weighted by Crippen LogP contribution is 2.30. The van der Waals surface area contributed by atoms with Gasteiger partial charge in [-0.25, -0.2) is 9.78 Å². The Bertz CT molecular complexity index is 479. The molecule has 1 fully saturated rings. The van der Waals surface area contributed by atoms with E-state index in [1.54, 1.807) is 12.3 Å². The molecule has 4 nitrogen and oxygen atoms in total. The van der Waals surface area contributed by atoms with E-state index in [-0.39, 0.29) is 5.97 Å². The number of carbonyl (C=O) groups is 1. The molecular weight excluding hydrogens is 308 g/mol. The number of nitrogens with zero attached hydrogens (tertiary/aromatic N) is 2. The lowest BCUT2D eigenvalue weighted by molar-refractivity contribution is 0.0600. The lowest BCUT2D eigenvalue weighted by Gasteiger charge is -2.36. The summed E-state index contributed by atoms with van der Waals surface area (Å²) in [6.07, 6.45) is 2.75. The number of piperidine rings is 1. The molecule has 0 spiro atoms. The largest absolute Gasteiger partial charge is 0.465 e. The van der Waals surface area contributed by atoms with Gasteiger partial charge in [0.15, 0.2) is 0 Å². The SMILES string of the molecule is COC(=O)c1cnc(N2CCC(C)C(C)C2)c(Br)c1. The van der Waals surface area contributed by atoms with Gasteiger partial charge in [-0.2, -0.15) is 0 Å². The van der Waals surface area contributed by atoms with E-state index in [4.69, 9.17) is 4.74 Å². The summed E-state index contributed by atoms with van der Waals surface area (Å²) in [5.41, 5.74) is 0.469. The molecular formula is C14H19BrN2O2. The van der Waals surface area contributed by atoms with Gasteiger partial charge in [-0.15, -0.1) is 0 Å². The quantitative estimate of drug-likeness (QED) is 0.783. The second-order valence-corrected chi connectivity index (χ2v) is 6.06. The summed E-state index contributed by atoms with van der Waals surface area (Å²) in [4.78, 5) is 18.1. The lowest BCUT2D eigenvalue weighted by Crippen LogP contribution is -2.39. The molecule has 19 heavy (non-hydrogen) atoms. The molecule has 0 N–H and O–H groups in total. The predicted molar refractivity (Wildman–Crippen MR) is 78.4 cm³/mol. The van der Waals surface area contributed by atoms with Crippen LogP contribution in [0.1, 0.15) is 30.6 Å². The van der Waals surface area contributed by atoms with Gasteiger partial charge in [0, 0.05) is 19.3 Å². The average molecular weight is 327 g/mol. The Kier molecular flexibility index (Phi) is 4.45. The Morgan fingerprint density at radius 2 is 2.21 bits per heavy atom. The number of pyridine rings is 1. The van der Waals surface area contributed by atoms with E-state index in [1.807, 2.05) is 0 Å². The Morgan fingerprint density at radius 3 is 2.79 bits per heavy atom. The summed E-state index contributed by atoms with van der Waals surface area (Å²) >= 11 is 3.50. The van der Waals surface area contributed by atoms with Crippen molar-refractivity contribution in [3.63, 3.8) is 0 Å². The molecule has 5 heteroatoms. The number of aromatic nitrogens is 1. The van der Waals surface area contributed by atoms with Crippen LogP contribution in [0.3, 0.4) is 0 Å². The fourth-order valence-electron chi connectivity index (χ4n) is 2.35. The molecule has 1 aromatic heterocycles. The van der Waals surface area contributed by atoms with Gasteiger partial charge in [-0.1, -0.05) is 13.8 Å². The van der Waals surface area contributed by atoms with Crippen LogP contribution < -0.4 is 4.90 Å². The summed E-state index contributed by atoms with van der Waals surface area (Å²) in [6.45, 7) is 6.58. The normalized spacial score (nSPS) is 23.3. The zero-order valence-corrected chi connectivity index (χ0v) is 13.1. The minimum Gasteiger partial charge on any atom is -0.465 e. The number of ether oxygens (including phenoxy) is 1. The molecule has 2 heterocycles. The first-order chi connectivity index (χ1) is 9.02. The van der Waals surface area contributed by atoms with Crippen molar-refractivity contribution in [3.8, 4) is 0 Å². The third-order valence-corrected chi connectivity index (χ3v) is 4.46. The maximum absolute atomic E-state index is 11.5. The number of rotatable bonds is 2. The third-order valence-electron chi connectivity index (χ3n) is 3.88. The van der Waals surface area contributed by atoms with Crippen molar-refractivity contribution < 1.29 is 9.53 Å². The Balaban J connectivity index is 2.19. The van der Waals surface area contributed by atoms with Crippen molar-refractivity contribution in [1.82, 2.24) is 4.98 Å². The second-order valence-electron chi connectivity index (χ2n) is 5.21. The van der Waals surface area contributed by atoms with Crippen LogP contribution >= 0.6 is 15.9 Å². The van der Waals surface area contributed by atoms with E-state index in [0.29, 0.717) is 11.5 Å². The molecule has 1 aliphatic heterocycles. The predicted octanol–water partition coefficient (Wildman–Crippen LogP) is 3.11. The molecule has 0 aliphatic carbocycles. The number of methoxy groups -OCH3 is 1. The van der Waals surface area contributed by atoms with E-state index < -0.39 is 0 Å². The van der Waals surface area contributed by atoms with Crippen LogP contribution in [0.4, 0.5) is 5.82 Å². The summed E-state index contributed by atoms with van der Waals surface area (Å²) < 4.78 is 5.54. The summed E-state index contributed by atoms with van der Waals surface area (Å²) in [5.74, 6) is 1.96. The van der Waals surface area contributed by atoms with Crippen molar-refractivity contribution in [2.45, 2.75) is 20.3 Å². The molecule has 2 unspecified atom stereocenters. The maximum Gasteiger partial charge on any atom is 0.339 e. The second kappa shape index (κ2) is 5.90. The van der Waals surface area contributed by atoms with E-state index >= 15 is 0 Å². The van der Waals surface area contributed by atoms with Crippen LogP contribution in [-0.4, -0.2) is 31.2 Å². The first kappa shape index (κ1) is 14.3. The summed E-state index contributed by atoms with van der Waals surface area (Å²) in [5, 5.41) is 0. The fourth-order valence-corrected chi connectivity index (χ4v) is 2.95. The van der Waals surface area contributed by atoms with Gasteiger partial charge in [0.1, 0.15) is 5.82 Å². The topological polar surface area (TPSA) is 42.4 Å². The standard InChI is InChI=1S/C14H19BrN2O2/c1-9-4-5-17(8-10(9)2)13-12(15)6-11(7-16-13)14(18)19-3/h6-7,9-10H,4-5,8H2,1-3H3. The van der Waals surface area contributed by atoms with Crippen molar-refractivity contribution in [2.24, 2.45) is 11.8 Å². The van der Waals surface area contributed by atoms with Gasteiger partial charge in [0.2, 0.25) is 0 Å². The highest BCUT2D eigenvalue weighted by atomic mass is 79.9. The number of halogens is 1. The molecule has 1 aliphatic rings. The van der Waals surface area contributed by atoms with Crippen molar-refractivity contribution in [3.05, 3.63) is 22.3 Å². The van der Waals surface area contributed by atoms with E-state index in [0.717, 1.165) is 29.3 Å². The third kappa shape index (κ3) is 3.08. The van der Waals surface area contributed by atoms with Crippen molar-refractivity contribution in [2.75, 3.05) is 25.1 Å². The number of carbonyl (C=O) groups excluding carboxylic acids is 1. The van der Waals surface area contributed by atoms with Crippen LogP contribution in [0.15, 0.2) is 16.7 Å². The highest BCUT2D eigenvalue weighted by molar-refractivity contribution is 9.10. The molecule has 0 aromatic carbocycles. The van der Waals surface area contributed by atoms with Crippen LogP contribution in [0.5, 0.6) is 0 Å². The molecule has 0 saturated carbocycles. The highest BCUT2D eigenvalue weighted by Gasteiger charge is 2.25. The first-order valence-corrected chi connectivity index (χ1v) is 7.31. The fraction of sp³-hybridized carbons (Fsp3) is 0.571. The van der Waals surface area contributed by atoms with Crippen molar-refractivity contribution >= 4 is 27.7 Å². The first-order valence-electron chi connectivity index (χ1n) is 6.51. The zero-order valence-electron chi connectivity index (χ0n) is 11.5. The minimum atomic E-state index is -0.361. The van der Waals surface area contributed by atoms with E-state index in [9.17, 15) is 4.79 Å². The van der Waals surface area contributed by atoms with Gasteiger partial charge in [-0.05, 0) is 40.3 Å². The van der Waals surface area contributed by atoms with Crippen LogP contribution in [0.25, 0.3) is 0 Å². The van der Waals surface area contributed by atoms with E-state index in [1.165, 1.54) is 13.5 Å². The zero-order chi connectivity index (χ0) is 14.0. The Hall–Kier alpha value is -1.10. The summed E-state index contributed by atoms with van der Waals surface area (Å²) in [7, 11) is 1.37. The lowest BCUT2D eigenvalue weighted by atomic mass is 9.89. The molecule has 2 rings (SSSR count). The summed E-state index contributed by atoms with van der Waals surface area (Å²) in [6, 6.07) is 1.77. The number of anilines is 1. The molecule has 0 amide bonds. The molecule has 1 aromatic rings. The average Bonchev–Trinajstić information content (AvgIpc) is 2.41. The van der Waals surface area contributed by atoms with Gasteiger partial charge in [0.05, 0.1) is 17.1 Å². The van der Waals surface area contributed by atoms with Gasteiger partial charge in [-0.3, -0.25) is 0 Å². The van der Waals surface area contributed by atoms with Crippen molar-refractivity contribution in [1.29, 1.82) is 0 Å². The van der Waals surface area contributed by atoms with E-state index in [2.05, 4.69) is 39.7 Å². The molecule has 1 saturated heterocycles. The minimum absolute atomic E-state index is 0.361. The molecule has 2 atom stereocenters. The number of hydrogen-bond donors (Lipinski definition) is 0. The number of esters is 1. The maximum atomic E-state index is 11.5. The van der Waals surface area contributed by atoms with Gasteiger partial charge < -0.3 is 9.64 Å². The smallest absolute Gasteiger partial charge is 0.339 e. The number of hydrogen-bond acceptors (Lipinski definition) is 4. The molecule has 0 bridgehead atoms. The molecule has 0 radical (unpaired) electrons. The Morgan fingerprint density at radius 1 is 1.47 bits per heavy atom. The molecule has 104 valence electrons. The van der Waals surface area contributed by atoms with Gasteiger partial charge >= 0.3 is 5.97 Å². The van der Waals surface area contributed by atoms with Crippen LogP contribution in [-0.2, 0) is 4.74 Å². The Labute approximate surface area is 122 Å².